The van der Waals surface area contributed by atoms with Gasteiger partial charge in [-0.15, -0.1) is 0 Å². The largest absolute Gasteiger partial charge is 0.480 e. The van der Waals surface area contributed by atoms with Crippen molar-refractivity contribution in [2.75, 3.05) is 11.9 Å². The highest BCUT2D eigenvalue weighted by Crippen LogP contribution is 2.42. The molecule has 2 aliphatic rings. The molecular weight excluding hydrogens is 325 g/mol. The van der Waals surface area contributed by atoms with E-state index in [9.17, 15) is 27.9 Å². The average molecular weight is 342 g/mol. The van der Waals surface area contributed by atoms with E-state index in [1.807, 2.05) is 0 Å². The van der Waals surface area contributed by atoms with Gasteiger partial charge in [0, 0.05) is 12.2 Å². The van der Waals surface area contributed by atoms with Gasteiger partial charge in [0.1, 0.15) is 6.04 Å². The second-order valence-corrected chi connectivity index (χ2v) is 6.30. The molecule has 1 heterocycles. The second-order valence-electron chi connectivity index (χ2n) is 6.30. The number of amides is 2. The van der Waals surface area contributed by atoms with Crippen LogP contribution in [-0.4, -0.2) is 34.6 Å². The van der Waals surface area contributed by atoms with Crippen molar-refractivity contribution in [3.05, 3.63) is 29.8 Å². The first-order valence-corrected chi connectivity index (χ1v) is 7.75. The molecule has 2 fully saturated rings. The van der Waals surface area contributed by atoms with E-state index < -0.39 is 29.8 Å². The first-order valence-electron chi connectivity index (χ1n) is 7.75. The third-order valence-electron chi connectivity index (χ3n) is 4.87. The summed E-state index contributed by atoms with van der Waals surface area (Å²) >= 11 is 0. The number of aliphatic carboxylic acids is 1. The molecule has 0 aromatic heterocycles. The lowest BCUT2D eigenvalue weighted by atomic mass is 9.94. The highest BCUT2D eigenvalue weighted by Gasteiger charge is 2.49. The van der Waals surface area contributed by atoms with Gasteiger partial charge in [-0.3, -0.25) is 0 Å². The predicted octanol–water partition coefficient (Wildman–Crippen LogP) is 3.42. The summed E-state index contributed by atoms with van der Waals surface area (Å²) in [6.45, 7) is 0.369. The third-order valence-corrected chi connectivity index (χ3v) is 4.87. The summed E-state index contributed by atoms with van der Waals surface area (Å²) in [7, 11) is 0. The minimum absolute atomic E-state index is 0.0409. The van der Waals surface area contributed by atoms with Gasteiger partial charge in [-0.25, -0.2) is 9.59 Å². The molecule has 0 spiro atoms. The molecule has 1 saturated heterocycles. The zero-order valence-electron chi connectivity index (χ0n) is 12.7. The molecule has 1 aliphatic carbocycles. The monoisotopic (exact) mass is 342 g/mol. The van der Waals surface area contributed by atoms with Crippen molar-refractivity contribution >= 4 is 17.7 Å². The van der Waals surface area contributed by atoms with Crippen molar-refractivity contribution in [1.29, 1.82) is 0 Å². The number of likely N-dealkylation sites (tertiary alicyclic amines) is 1. The molecule has 3 rings (SSSR count). The molecule has 1 aromatic rings. The second kappa shape index (κ2) is 5.99. The van der Waals surface area contributed by atoms with Crippen LogP contribution < -0.4 is 5.32 Å². The van der Waals surface area contributed by atoms with E-state index in [2.05, 4.69) is 5.32 Å². The van der Waals surface area contributed by atoms with Gasteiger partial charge < -0.3 is 15.3 Å². The fourth-order valence-electron chi connectivity index (χ4n) is 3.77. The van der Waals surface area contributed by atoms with Crippen molar-refractivity contribution in [2.45, 2.75) is 31.5 Å². The van der Waals surface area contributed by atoms with Gasteiger partial charge in [-0.2, -0.15) is 13.2 Å². The average Bonchev–Trinajstić information content (AvgIpc) is 3.06. The first kappa shape index (κ1) is 16.6. The molecule has 0 radical (unpaired) electrons. The van der Waals surface area contributed by atoms with E-state index in [1.54, 1.807) is 0 Å². The van der Waals surface area contributed by atoms with Crippen LogP contribution in [0.4, 0.5) is 23.7 Å². The van der Waals surface area contributed by atoms with Crippen LogP contribution in [0.3, 0.4) is 0 Å². The summed E-state index contributed by atoms with van der Waals surface area (Å²) < 4.78 is 37.6. The number of hydrogen-bond donors (Lipinski definition) is 2. The van der Waals surface area contributed by atoms with Crippen LogP contribution in [0, 0.1) is 11.8 Å². The Morgan fingerprint density at radius 2 is 1.83 bits per heavy atom. The Morgan fingerprint density at radius 3 is 2.42 bits per heavy atom. The van der Waals surface area contributed by atoms with Crippen LogP contribution in [0.25, 0.3) is 0 Å². The zero-order chi connectivity index (χ0) is 17.5. The van der Waals surface area contributed by atoms with Gasteiger partial charge >= 0.3 is 18.2 Å². The summed E-state index contributed by atoms with van der Waals surface area (Å²) in [5, 5.41) is 11.9. The zero-order valence-corrected chi connectivity index (χ0v) is 12.7. The number of halogens is 3. The maximum absolute atomic E-state index is 12.5. The molecule has 2 N–H and O–H groups in total. The molecule has 24 heavy (non-hydrogen) atoms. The number of fused-ring (bicyclic) bond motifs is 1. The number of alkyl halides is 3. The standard InChI is InChI=1S/C16H17F3N2O3/c17-16(18,19)10-4-6-11(7-5-10)20-15(24)21-8-9-2-1-3-12(9)13(21)14(22)23/h4-7,9,12-13H,1-3,8H2,(H,20,24)(H,22,23)/t9-,12-,13+/m1/s1. The lowest BCUT2D eigenvalue weighted by molar-refractivity contribution is -0.142. The van der Waals surface area contributed by atoms with Crippen LogP contribution in [0.1, 0.15) is 24.8 Å². The maximum Gasteiger partial charge on any atom is 0.416 e. The van der Waals surface area contributed by atoms with E-state index >= 15 is 0 Å². The number of nitrogens with zero attached hydrogens (tertiary/aromatic N) is 1. The number of hydrogen-bond acceptors (Lipinski definition) is 2. The molecule has 3 atom stereocenters. The number of benzene rings is 1. The topological polar surface area (TPSA) is 69.6 Å². The van der Waals surface area contributed by atoms with Crippen LogP contribution in [-0.2, 0) is 11.0 Å². The van der Waals surface area contributed by atoms with Crippen LogP contribution in [0.2, 0.25) is 0 Å². The van der Waals surface area contributed by atoms with Gasteiger partial charge in [-0.05, 0) is 48.9 Å². The van der Waals surface area contributed by atoms with Gasteiger partial charge in [0.25, 0.3) is 0 Å². The summed E-state index contributed by atoms with van der Waals surface area (Å²) in [4.78, 5) is 25.2. The van der Waals surface area contributed by atoms with Gasteiger partial charge in [0.05, 0.1) is 5.56 Å². The lowest BCUT2D eigenvalue weighted by Gasteiger charge is -2.24. The molecular formula is C16H17F3N2O3. The number of rotatable bonds is 2. The number of carboxylic acids is 1. The first-order chi connectivity index (χ1) is 11.3. The molecule has 1 aliphatic heterocycles. The highest BCUT2D eigenvalue weighted by molar-refractivity contribution is 5.93. The summed E-state index contributed by atoms with van der Waals surface area (Å²) in [6, 6.07) is 2.62. The van der Waals surface area contributed by atoms with E-state index in [0.29, 0.717) is 6.54 Å². The molecule has 5 nitrogen and oxygen atoms in total. The van der Waals surface area contributed by atoms with E-state index in [1.165, 1.54) is 4.90 Å². The van der Waals surface area contributed by atoms with Crippen molar-refractivity contribution in [2.24, 2.45) is 11.8 Å². The number of anilines is 1. The SMILES string of the molecule is O=C(O)[C@@H]1[C@@H]2CCC[C@@H]2CN1C(=O)Nc1ccc(C(F)(F)F)cc1. The number of nitrogens with one attached hydrogen (secondary N) is 1. The lowest BCUT2D eigenvalue weighted by Crippen LogP contribution is -2.45. The molecule has 130 valence electrons. The number of urea groups is 1. The Hall–Kier alpha value is -2.25. The van der Waals surface area contributed by atoms with Crippen molar-refractivity contribution in [1.82, 2.24) is 4.90 Å². The Labute approximate surface area is 136 Å². The molecule has 1 saturated carbocycles. The summed E-state index contributed by atoms with van der Waals surface area (Å²) in [6.07, 6.45) is -1.79. The molecule has 2 amide bonds. The fourth-order valence-corrected chi connectivity index (χ4v) is 3.77. The smallest absolute Gasteiger partial charge is 0.416 e. The molecule has 8 heteroatoms. The van der Waals surface area contributed by atoms with Crippen molar-refractivity contribution in [3.8, 4) is 0 Å². The predicted molar refractivity (Wildman–Crippen MR) is 79.4 cm³/mol. The normalized spacial score (nSPS) is 26.3. The minimum Gasteiger partial charge on any atom is -0.480 e. The van der Waals surface area contributed by atoms with Crippen LogP contribution in [0.5, 0.6) is 0 Å². The third kappa shape index (κ3) is 3.05. The van der Waals surface area contributed by atoms with Gasteiger partial charge in [0.15, 0.2) is 0 Å². The summed E-state index contributed by atoms with van der Waals surface area (Å²) in [5.41, 5.74) is -0.603. The highest BCUT2D eigenvalue weighted by atomic mass is 19.4. The van der Waals surface area contributed by atoms with Crippen molar-refractivity contribution < 1.29 is 27.9 Å². The number of carbonyl (C=O) groups is 2. The fraction of sp³-hybridized carbons (Fsp3) is 0.500. The van der Waals surface area contributed by atoms with Gasteiger partial charge in [-0.1, -0.05) is 6.42 Å². The summed E-state index contributed by atoms with van der Waals surface area (Å²) in [5.74, 6) is -0.891. The molecule has 1 aromatic carbocycles. The maximum atomic E-state index is 12.5. The number of carbonyl (C=O) groups excluding carboxylic acids is 1. The van der Waals surface area contributed by atoms with E-state index in [0.717, 1.165) is 43.5 Å². The van der Waals surface area contributed by atoms with Crippen LogP contribution in [0.15, 0.2) is 24.3 Å². The Morgan fingerprint density at radius 1 is 1.17 bits per heavy atom. The van der Waals surface area contributed by atoms with E-state index in [4.69, 9.17) is 0 Å². The Kier molecular flexibility index (Phi) is 4.15. The molecule has 0 bridgehead atoms. The van der Waals surface area contributed by atoms with Gasteiger partial charge in [0.2, 0.25) is 0 Å². The molecule has 0 unspecified atom stereocenters. The van der Waals surface area contributed by atoms with Crippen molar-refractivity contribution in [3.63, 3.8) is 0 Å². The quantitative estimate of drug-likeness (QED) is 0.865. The van der Waals surface area contributed by atoms with Crippen LogP contribution >= 0.6 is 0 Å². The minimum atomic E-state index is -4.44. The van der Waals surface area contributed by atoms with E-state index in [-0.39, 0.29) is 17.5 Å². The Bertz CT molecular complexity index is 645. The Balaban J connectivity index is 1.71. The number of carboxylic acid groups (broad SMARTS) is 1.